The molecule has 0 aliphatic heterocycles. The van der Waals surface area contributed by atoms with Gasteiger partial charge in [0, 0.05) is 38.8 Å². The summed E-state index contributed by atoms with van der Waals surface area (Å²) in [6.45, 7) is 0. The number of aromatic nitrogens is 2. The summed E-state index contributed by atoms with van der Waals surface area (Å²) in [5, 5.41) is 7.84. The second-order valence-electron chi connectivity index (χ2n) is 17.0. The van der Waals surface area contributed by atoms with Gasteiger partial charge in [0.05, 0.1) is 22.1 Å². The zero-order chi connectivity index (χ0) is 39.3. The number of aryl methyl sites for hydroxylation is 1. The van der Waals surface area contributed by atoms with Crippen LogP contribution in [-0.4, -0.2) is 9.13 Å². The van der Waals surface area contributed by atoms with Crippen molar-refractivity contribution in [2.45, 2.75) is 32.1 Å². The maximum atomic E-state index is 2.49. The summed E-state index contributed by atoms with van der Waals surface area (Å²) >= 11 is 0. The molecule has 0 saturated carbocycles. The van der Waals surface area contributed by atoms with Crippen molar-refractivity contribution < 1.29 is 0 Å². The number of nitrogens with zero attached hydrogens (tertiary/aromatic N) is 2. The number of allylic oxidation sites excluding steroid dienone is 12. The van der Waals surface area contributed by atoms with E-state index < -0.39 is 0 Å². The van der Waals surface area contributed by atoms with E-state index in [1.165, 1.54) is 123 Å². The van der Waals surface area contributed by atoms with Gasteiger partial charge in [-0.2, -0.15) is 0 Å². The van der Waals surface area contributed by atoms with Crippen LogP contribution in [0, 0.1) is 5.92 Å². The summed E-state index contributed by atoms with van der Waals surface area (Å²) in [6.07, 6.45) is 24.1. The maximum absolute atomic E-state index is 2.49. The lowest BCUT2D eigenvalue weighted by atomic mass is 9.78. The van der Waals surface area contributed by atoms with Gasteiger partial charge in [0.25, 0.3) is 0 Å². The predicted octanol–water partition coefficient (Wildman–Crippen LogP) is 15.3. The molecule has 0 amide bonds. The molecule has 0 saturated heterocycles. The Labute approximate surface area is 349 Å². The molecule has 9 aromatic rings. The van der Waals surface area contributed by atoms with Crippen LogP contribution in [0.2, 0.25) is 0 Å². The number of hydrogen-bond acceptors (Lipinski definition) is 0. The molecule has 7 aromatic carbocycles. The van der Waals surface area contributed by atoms with Crippen molar-refractivity contribution in [1.29, 1.82) is 0 Å². The number of para-hydroxylation sites is 2. The molecule has 2 nitrogen and oxygen atoms in total. The minimum atomic E-state index is 0.472. The molecule has 2 heteroatoms. The summed E-state index contributed by atoms with van der Waals surface area (Å²) in [5.41, 5.74) is 19.8. The average Bonchev–Trinajstić information content (AvgIpc) is 3.83. The summed E-state index contributed by atoms with van der Waals surface area (Å²) in [6, 6.07) is 52.7. The topological polar surface area (TPSA) is 9.86 Å². The van der Waals surface area contributed by atoms with E-state index in [1.807, 2.05) is 0 Å². The third kappa shape index (κ3) is 5.07. The Balaban J connectivity index is 0.908. The summed E-state index contributed by atoms with van der Waals surface area (Å²) < 4.78 is 4.90. The van der Waals surface area contributed by atoms with Crippen LogP contribution in [0.3, 0.4) is 0 Å². The highest BCUT2D eigenvalue weighted by atomic mass is 15.0. The van der Waals surface area contributed by atoms with E-state index in [9.17, 15) is 0 Å². The molecule has 4 aliphatic rings. The third-order valence-electron chi connectivity index (χ3n) is 13.8. The van der Waals surface area contributed by atoms with Gasteiger partial charge in [0.1, 0.15) is 0 Å². The molecule has 13 rings (SSSR count). The lowest BCUT2D eigenvalue weighted by Crippen LogP contribution is -2.08. The van der Waals surface area contributed by atoms with Crippen molar-refractivity contribution in [3.63, 3.8) is 0 Å². The third-order valence-corrected chi connectivity index (χ3v) is 13.8. The zero-order valence-corrected chi connectivity index (χ0v) is 33.4. The first kappa shape index (κ1) is 33.8. The van der Waals surface area contributed by atoms with E-state index in [0.29, 0.717) is 5.92 Å². The van der Waals surface area contributed by atoms with E-state index >= 15 is 0 Å². The molecule has 0 fully saturated rings. The summed E-state index contributed by atoms with van der Waals surface area (Å²) in [7, 11) is 0. The van der Waals surface area contributed by atoms with Crippen LogP contribution in [0.15, 0.2) is 199 Å². The van der Waals surface area contributed by atoms with Crippen molar-refractivity contribution >= 4 is 65.7 Å². The second kappa shape index (κ2) is 13.2. The highest BCUT2D eigenvalue weighted by molar-refractivity contribution is 6.13. The van der Waals surface area contributed by atoms with E-state index in [4.69, 9.17) is 0 Å². The Morgan fingerprint density at radius 1 is 0.483 bits per heavy atom. The lowest BCUT2D eigenvalue weighted by Gasteiger charge is -2.26. The first-order chi connectivity index (χ1) is 29.7. The zero-order valence-electron chi connectivity index (χ0n) is 33.4. The quantitative estimate of drug-likeness (QED) is 0.169. The van der Waals surface area contributed by atoms with Crippen LogP contribution in [0.5, 0.6) is 0 Å². The van der Waals surface area contributed by atoms with Gasteiger partial charge < -0.3 is 9.13 Å². The first-order valence-corrected chi connectivity index (χ1v) is 21.6. The van der Waals surface area contributed by atoms with Gasteiger partial charge in [-0.3, -0.25) is 0 Å². The second-order valence-corrected chi connectivity index (χ2v) is 17.0. The van der Waals surface area contributed by atoms with Crippen LogP contribution in [0.25, 0.3) is 93.6 Å². The smallest absolute Gasteiger partial charge is 0.0541 e. The van der Waals surface area contributed by atoms with Crippen LogP contribution in [-0.2, 0) is 6.42 Å². The predicted molar refractivity (Wildman–Crippen MR) is 255 cm³/mol. The van der Waals surface area contributed by atoms with Gasteiger partial charge >= 0.3 is 0 Å². The Morgan fingerprint density at radius 2 is 1.13 bits per heavy atom. The number of benzene rings is 7. The van der Waals surface area contributed by atoms with Crippen LogP contribution < -0.4 is 0 Å². The Kier molecular flexibility index (Phi) is 7.42. The van der Waals surface area contributed by atoms with Gasteiger partial charge in [-0.25, -0.2) is 0 Å². The van der Waals surface area contributed by atoms with E-state index in [2.05, 4.69) is 197 Å². The molecule has 0 spiro atoms. The first-order valence-electron chi connectivity index (χ1n) is 21.6. The van der Waals surface area contributed by atoms with E-state index in [0.717, 1.165) is 19.3 Å². The van der Waals surface area contributed by atoms with E-state index in [1.54, 1.807) is 5.57 Å². The van der Waals surface area contributed by atoms with Crippen LogP contribution >= 0.6 is 0 Å². The molecule has 0 radical (unpaired) electrons. The Bertz CT molecular complexity index is 3500. The highest BCUT2D eigenvalue weighted by Gasteiger charge is 2.24. The summed E-state index contributed by atoms with van der Waals surface area (Å²) in [5.74, 6) is 0.472. The molecule has 0 N–H and O–H groups in total. The molecular weight excluding hydrogens is 725 g/mol. The maximum Gasteiger partial charge on any atom is 0.0541 e. The molecule has 1 unspecified atom stereocenters. The largest absolute Gasteiger partial charge is 0.310 e. The molecule has 4 aliphatic carbocycles. The summed E-state index contributed by atoms with van der Waals surface area (Å²) in [4.78, 5) is 0. The number of hydrogen-bond donors (Lipinski definition) is 0. The van der Waals surface area contributed by atoms with Crippen LogP contribution in [0.4, 0.5) is 0 Å². The van der Waals surface area contributed by atoms with Crippen molar-refractivity contribution in [2.24, 2.45) is 5.92 Å². The lowest BCUT2D eigenvalue weighted by molar-refractivity contribution is 0.777. The van der Waals surface area contributed by atoms with Gasteiger partial charge in [-0.1, -0.05) is 133 Å². The van der Waals surface area contributed by atoms with Crippen LogP contribution in [0.1, 0.15) is 36.8 Å². The fourth-order valence-electron chi connectivity index (χ4n) is 11.0. The van der Waals surface area contributed by atoms with E-state index in [-0.39, 0.29) is 0 Å². The number of fused-ring (bicyclic) bond motifs is 11. The monoisotopic (exact) mass is 766 g/mol. The van der Waals surface area contributed by atoms with Gasteiger partial charge in [-0.05, 0) is 148 Å². The van der Waals surface area contributed by atoms with Gasteiger partial charge in [0.2, 0.25) is 0 Å². The Morgan fingerprint density at radius 3 is 1.90 bits per heavy atom. The van der Waals surface area contributed by atoms with Crippen molar-refractivity contribution in [2.75, 3.05) is 0 Å². The normalized spacial score (nSPS) is 17.1. The molecule has 60 heavy (non-hydrogen) atoms. The number of rotatable bonds is 4. The molecule has 2 aromatic heterocycles. The Hall–Kier alpha value is -7.16. The minimum absolute atomic E-state index is 0.472. The van der Waals surface area contributed by atoms with Crippen molar-refractivity contribution in [3.8, 4) is 27.9 Å². The highest BCUT2D eigenvalue weighted by Crippen LogP contribution is 2.45. The fourth-order valence-corrected chi connectivity index (χ4v) is 11.0. The minimum Gasteiger partial charge on any atom is -0.310 e. The molecular formula is C58H42N2. The molecule has 1 atom stereocenters. The molecule has 0 bridgehead atoms. The molecule has 284 valence electrons. The van der Waals surface area contributed by atoms with Gasteiger partial charge in [0.15, 0.2) is 0 Å². The molecule has 2 heterocycles. The van der Waals surface area contributed by atoms with Crippen molar-refractivity contribution in [1.82, 2.24) is 9.13 Å². The average molecular weight is 767 g/mol. The standard InChI is InChI=1S/C58H42N2/c1-2-13-40-33-44(29-21-37(40)11-1)60-56-20-10-8-18-50(56)54-35-42(26-32-58(54)60)41-25-31-57-53(34-41)49-17-7-9-19-55(49)59(57)43-27-22-39(23-28-43)51-36-52-45-14-4-3-12-38(45)24-30-48(52)46-15-5-6-16-47(46)51/h1-2,4-11,13-20,22-23,25-29,31-37H,3,12,21,24,30H2. The van der Waals surface area contributed by atoms with Crippen molar-refractivity contribution in [3.05, 3.63) is 210 Å². The fraction of sp³-hybridized carbons (Fsp3) is 0.103. The van der Waals surface area contributed by atoms with Gasteiger partial charge in [-0.15, -0.1) is 0 Å². The SMILES string of the molecule is C1=CC2=CC(n3c4ccccc4c4cc(-c5ccc6c(c5)c5ccccc5n6-c5ccc(-c6cc7c(c8ccccc68)CCC6=C7C=CCC6)cc5)ccc43)=CCC2C=C1.